The van der Waals surface area contributed by atoms with Gasteiger partial charge in [-0.3, -0.25) is 14.4 Å². The summed E-state index contributed by atoms with van der Waals surface area (Å²) in [7, 11) is 0. The zero-order chi connectivity index (χ0) is 13.5. The van der Waals surface area contributed by atoms with Crippen LogP contribution >= 0.6 is 0 Å². The molecule has 0 fully saturated rings. The first-order chi connectivity index (χ1) is 7.85. The number of ketones is 1. The van der Waals surface area contributed by atoms with Crippen molar-refractivity contribution in [2.24, 2.45) is 5.41 Å². The molecule has 0 saturated heterocycles. The van der Waals surface area contributed by atoms with Crippen LogP contribution in [0, 0.1) is 5.41 Å². The van der Waals surface area contributed by atoms with Gasteiger partial charge in [0.15, 0.2) is 0 Å². The van der Waals surface area contributed by atoms with Crippen molar-refractivity contribution in [2.45, 2.75) is 40.5 Å². The zero-order valence-electron chi connectivity index (χ0n) is 10.9. The maximum atomic E-state index is 11.7. The Morgan fingerprint density at radius 3 is 2.12 bits per heavy atom. The van der Waals surface area contributed by atoms with Gasteiger partial charge in [-0.1, -0.05) is 6.92 Å². The summed E-state index contributed by atoms with van der Waals surface area (Å²) in [5.41, 5.74) is -0.845. The van der Waals surface area contributed by atoms with Crippen LogP contribution < -0.4 is 0 Å². The van der Waals surface area contributed by atoms with Gasteiger partial charge in [0.25, 0.3) is 0 Å². The maximum absolute atomic E-state index is 11.7. The smallest absolute Gasteiger partial charge is 0.315 e. The minimum atomic E-state index is -0.845. The summed E-state index contributed by atoms with van der Waals surface area (Å²) >= 11 is 0. The van der Waals surface area contributed by atoms with Crippen molar-refractivity contribution >= 4 is 17.7 Å². The fourth-order valence-corrected chi connectivity index (χ4v) is 1.10. The van der Waals surface area contributed by atoms with E-state index < -0.39 is 17.4 Å². The molecule has 0 aromatic carbocycles. The lowest BCUT2D eigenvalue weighted by Gasteiger charge is -2.24. The highest BCUT2D eigenvalue weighted by atomic mass is 16.6. The molecule has 0 bridgehead atoms. The van der Waals surface area contributed by atoms with Gasteiger partial charge in [-0.15, -0.1) is 0 Å². The molecule has 1 atom stereocenters. The van der Waals surface area contributed by atoms with Gasteiger partial charge in [-0.05, 0) is 27.2 Å². The second kappa shape index (κ2) is 7.04. The second-order valence-corrected chi connectivity index (χ2v) is 4.17. The Morgan fingerprint density at radius 1 is 1.12 bits per heavy atom. The van der Waals surface area contributed by atoms with E-state index in [0.717, 1.165) is 0 Å². The minimum Gasteiger partial charge on any atom is -0.465 e. The molecule has 0 aromatic heterocycles. The summed E-state index contributed by atoms with van der Waals surface area (Å²) in [5.74, 6) is -1.26. The van der Waals surface area contributed by atoms with Crippen molar-refractivity contribution in [3.05, 3.63) is 0 Å². The molecule has 0 rings (SSSR count). The summed E-state index contributed by atoms with van der Waals surface area (Å²) in [4.78, 5) is 33.5. The third-order valence-electron chi connectivity index (χ3n) is 2.49. The van der Waals surface area contributed by atoms with Gasteiger partial charge < -0.3 is 9.47 Å². The van der Waals surface area contributed by atoms with E-state index in [1.165, 1.54) is 6.92 Å². The van der Waals surface area contributed by atoms with Gasteiger partial charge in [-0.2, -0.15) is 0 Å². The number of hydrogen-bond acceptors (Lipinski definition) is 5. The van der Waals surface area contributed by atoms with Crippen LogP contribution in [0.5, 0.6) is 0 Å². The van der Waals surface area contributed by atoms with Crippen LogP contribution in [-0.2, 0) is 23.9 Å². The van der Waals surface area contributed by atoms with Gasteiger partial charge in [0.2, 0.25) is 0 Å². The van der Waals surface area contributed by atoms with E-state index in [9.17, 15) is 14.4 Å². The van der Waals surface area contributed by atoms with Gasteiger partial charge in [0.1, 0.15) is 18.8 Å². The summed E-state index contributed by atoms with van der Waals surface area (Å²) in [6.07, 6.45) is 0.238. The van der Waals surface area contributed by atoms with Gasteiger partial charge in [0, 0.05) is 0 Å². The quantitative estimate of drug-likeness (QED) is 0.501. The highest BCUT2D eigenvalue weighted by molar-refractivity contribution is 5.94. The Kier molecular flexibility index (Phi) is 6.46. The topological polar surface area (TPSA) is 69.7 Å². The Morgan fingerprint density at radius 2 is 1.71 bits per heavy atom. The molecule has 0 aliphatic rings. The molecular formula is C12H20O5. The number of esters is 2. The molecule has 5 heteroatoms. The average molecular weight is 244 g/mol. The highest BCUT2D eigenvalue weighted by Crippen LogP contribution is 2.23. The van der Waals surface area contributed by atoms with Crippen LogP contribution in [0.1, 0.15) is 40.5 Å². The van der Waals surface area contributed by atoms with E-state index >= 15 is 0 Å². The zero-order valence-corrected chi connectivity index (χ0v) is 10.9. The summed E-state index contributed by atoms with van der Waals surface area (Å²) in [6, 6.07) is 0. The monoisotopic (exact) mass is 244 g/mol. The lowest BCUT2D eigenvalue weighted by atomic mass is 9.89. The molecule has 0 saturated carbocycles. The molecule has 17 heavy (non-hydrogen) atoms. The molecule has 5 nitrogen and oxygen atoms in total. The van der Waals surface area contributed by atoms with E-state index in [-0.39, 0.29) is 25.4 Å². The Bertz CT molecular complexity index is 297. The number of ether oxygens (including phenoxy) is 2. The number of Topliss-reactive ketones (excluding diaryl/α,β-unsaturated/α-hetero) is 1. The number of carbonyl (C=O) groups is 3. The van der Waals surface area contributed by atoms with E-state index in [1.807, 2.05) is 6.92 Å². The van der Waals surface area contributed by atoms with E-state index in [0.29, 0.717) is 6.42 Å². The molecule has 1 unspecified atom stereocenters. The Hall–Kier alpha value is -1.39. The summed E-state index contributed by atoms with van der Waals surface area (Å²) < 4.78 is 9.83. The first-order valence-corrected chi connectivity index (χ1v) is 5.68. The Balaban J connectivity index is 4.34. The van der Waals surface area contributed by atoms with Crippen LogP contribution in [0.25, 0.3) is 0 Å². The largest absolute Gasteiger partial charge is 0.465 e. The fourth-order valence-electron chi connectivity index (χ4n) is 1.10. The molecule has 0 spiro atoms. The van der Waals surface area contributed by atoms with E-state index in [2.05, 4.69) is 0 Å². The lowest BCUT2D eigenvalue weighted by Crippen LogP contribution is -2.35. The van der Waals surface area contributed by atoms with Crippen LogP contribution in [0.15, 0.2) is 0 Å². The van der Waals surface area contributed by atoms with Crippen molar-refractivity contribution in [2.75, 3.05) is 13.2 Å². The SMILES string of the molecule is CCOC(=O)C(C)(CC)COC(=O)CC(C)=O. The van der Waals surface area contributed by atoms with Crippen LogP contribution in [0.4, 0.5) is 0 Å². The van der Waals surface area contributed by atoms with Gasteiger partial charge >= 0.3 is 11.9 Å². The molecule has 0 N–H and O–H groups in total. The molecule has 98 valence electrons. The van der Waals surface area contributed by atoms with Crippen LogP contribution in [0.3, 0.4) is 0 Å². The molecule has 0 amide bonds. The second-order valence-electron chi connectivity index (χ2n) is 4.17. The molecule has 0 heterocycles. The standard InChI is InChI=1S/C12H20O5/c1-5-12(4,11(15)16-6-2)8-17-10(14)7-9(3)13/h5-8H2,1-4H3. The highest BCUT2D eigenvalue weighted by Gasteiger charge is 2.34. The molecular weight excluding hydrogens is 224 g/mol. The minimum absolute atomic E-state index is 0.0611. The molecule has 0 radical (unpaired) electrons. The number of hydrogen-bond donors (Lipinski definition) is 0. The molecule has 0 aliphatic heterocycles. The molecule has 0 aliphatic carbocycles. The average Bonchev–Trinajstić information content (AvgIpc) is 2.25. The summed E-state index contributed by atoms with van der Waals surface area (Å²) in [5, 5.41) is 0. The number of carbonyl (C=O) groups excluding carboxylic acids is 3. The first kappa shape index (κ1) is 15.6. The van der Waals surface area contributed by atoms with Crippen LogP contribution in [0.2, 0.25) is 0 Å². The predicted octanol–water partition coefficient (Wildman–Crippen LogP) is 1.49. The molecule has 0 aromatic rings. The maximum Gasteiger partial charge on any atom is 0.315 e. The summed E-state index contributed by atoms with van der Waals surface area (Å²) in [6.45, 7) is 6.74. The first-order valence-electron chi connectivity index (χ1n) is 5.68. The van der Waals surface area contributed by atoms with Crippen molar-refractivity contribution in [3.8, 4) is 0 Å². The Labute approximate surface area is 101 Å². The van der Waals surface area contributed by atoms with Crippen molar-refractivity contribution in [1.29, 1.82) is 0 Å². The van der Waals surface area contributed by atoms with Gasteiger partial charge in [0.05, 0.1) is 12.0 Å². The van der Waals surface area contributed by atoms with E-state index in [1.54, 1.807) is 13.8 Å². The van der Waals surface area contributed by atoms with Crippen molar-refractivity contribution in [1.82, 2.24) is 0 Å². The third kappa shape index (κ3) is 5.47. The lowest BCUT2D eigenvalue weighted by molar-refractivity contribution is -0.162. The van der Waals surface area contributed by atoms with Gasteiger partial charge in [-0.25, -0.2) is 0 Å². The third-order valence-corrected chi connectivity index (χ3v) is 2.49. The van der Waals surface area contributed by atoms with E-state index in [4.69, 9.17) is 9.47 Å². The number of rotatable bonds is 7. The normalized spacial score (nSPS) is 13.6. The van der Waals surface area contributed by atoms with Crippen molar-refractivity contribution in [3.63, 3.8) is 0 Å². The fraction of sp³-hybridized carbons (Fsp3) is 0.750. The van der Waals surface area contributed by atoms with Crippen molar-refractivity contribution < 1.29 is 23.9 Å². The van der Waals surface area contributed by atoms with Crippen LogP contribution in [-0.4, -0.2) is 30.9 Å². The predicted molar refractivity (Wildman–Crippen MR) is 61.3 cm³/mol.